The van der Waals surface area contributed by atoms with E-state index in [1.807, 2.05) is 6.92 Å². The molecule has 2 N–H and O–H groups in total. The predicted molar refractivity (Wildman–Crippen MR) is 95.9 cm³/mol. The van der Waals surface area contributed by atoms with Crippen LogP contribution < -0.4 is 10.1 Å². The van der Waals surface area contributed by atoms with Gasteiger partial charge in [0.1, 0.15) is 17.7 Å². The van der Waals surface area contributed by atoms with Crippen LogP contribution in [0.15, 0.2) is 52.9 Å². The summed E-state index contributed by atoms with van der Waals surface area (Å²) in [6.45, 7) is 2.13. The standard InChI is InChI=1S/C18H16FN3O3S/c1-11(24-15-8-6-14(19)7-9-15)10-20-16(23)12-2-4-13(5-3-12)17-21-22-18(26)25-17/h2-9,11H,10H2,1H3,(H,20,23)(H,22,26)/t11-/m0/s1. The fourth-order valence-corrected chi connectivity index (χ4v) is 2.37. The molecule has 0 aliphatic rings. The Morgan fingerprint density at radius 3 is 2.58 bits per heavy atom. The number of carbonyl (C=O) groups excluding carboxylic acids is 1. The molecule has 6 nitrogen and oxygen atoms in total. The summed E-state index contributed by atoms with van der Waals surface area (Å²) in [5.41, 5.74) is 1.21. The average Bonchev–Trinajstić information content (AvgIpc) is 3.08. The van der Waals surface area contributed by atoms with Crippen LogP contribution in [0.3, 0.4) is 0 Å². The second-order valence-electron chi connectivity index (χ2n) is 5.59. The van der Waals surface area contributed by atoms with Gasteiger partial charge in [-0.25, -0.2) is 9.49 Å². The van der Waals surface area contributed by atoms with Gasteiger partial charge in [-0.2, -0.15) is 0 Å². The SMILES string of the molecule is C[C@@H](CNC(=O)c1ccc(-c2n[nH]c(=S)o2)cc1)Oc1ccc(F)cc1. The van der Waals surface area contributed by atoms with E-state index in [0.29, 0.717) is 29.3 Å². The number of rotatable bonds is 6. The average molecular weight is 373 g/mol. The number of ether oxygens (including phenoxy) is 1. The van der Waals surface area contributed by atoms with Gasteiger partial charge in [-0.15, -0.1) is 5.10 Å². The van der Waals surface area contributed by atoms with Crippen LogP contribution in [0.5, 0.6) is 5.75 Å². The number of hydrogen-bond donors (Lipinski definition) is 2. The molecule has 0 spiro atoms. The van der Waals surface area contributed by atoms with Crippen molar-refractivity contribution in [2.45, 2.75) is 13.0 Å². The van der Waals surface area contributed by atoms with E-state index < -0.39 is 0 Å². The molecule has 26 heavy (non-hydrogen) atoms. The Kier molecular flexibility index (Phi) is 5.43. The maximum Gasteiger partial charge on any atom is 0.284 e. The van der Waals surface area contributed by atoms with Crippen molar-refractivity contribution in [1.29, 1.82) is 0 Å². The second-order valence-corrected chi connectivity index (χ2v) is 5.96. The van der Waals surface area contributed by atoms with Crippen molar-refractivity contribution in [3.63, 3.8) is 0 Å². The predicted octanol–water partition coefficient (Wildman–Crippen LogP) is 3.74. The Morgan fingerprint density at radius 2 is 1.96 bits per heavy atom. The number of aromatic nitrogens is 2. The Balaban J connectivity index is 1.54. The number of halogens is 1. The van der Waals surface area contributed by atoms with Crippen LogP contribution in [0.2, 0.25) is 0 Å². The molecule has 0 fully saturated rings. The number of carbonyl (C=O) groups is 1. The number of nitrogens with zero attached hydrogens (tertiary/aromatic N) is 1. The quantitative estimate of drug-likeness (QED) is 0.644. The van der Waals surface area contributed by atoms with Crippen LogP contribution in [-0.4, -0.2) is 28.8 Å². The van der Waals surface area contributed by atoms with Crippen LogP contribution in [0, 0.1) is 10.7 Å². The van der Waals surface area contributed by atoms with Crippen molar-refractivity contribution in [2.24, 2.45) is 0 Å². The first-order chi connectivity index (χ1) is 12.5. The molecular weight excluding hydrogens is 357 g/mol. The van der Waals surface area contributed by atoms with Gasteiger partial charge in [0.25, 0.3) is 10.7 Å². The molecule has 0 bridgehead atoms. The van der Waals surface area contributed by atoms with Crippen LogP contribution in [0.4, 0.5) is 4.39 Å². The number of hydrogen-bond acceptors (Lipinski definition) is 5. The molecule has 0 aliphatic heterocycles. The first kappa shape index (κ1) is 17.8. The minimum atomic E-state index is -0.326. The van der Waals surface area contributed by atoms with Crippen molar-refractivity contribution in [3.8, 4) is 17.2 Å². The van der Waals surface area contributed by atoms with E-state index in [1.54, 1.807) is 36.4 Å². The van der Waals surface area contributed by atoms with E-state index in [-0.39, 0.29) is 22.7 Å². The summed E-state index contributed by atoms with van der Waals surface area (Å²) in [5.74, 6) is 0.354. The molecule has 1 aromatic heterocycles. The molecule has 3 rings (SSSR count). The zero-order chi connectivity index (χ0) is 18.5. The highest BCUT2D eigenvalue weighted by atomic mass is 32.1. The van der Waals surface area contributed by atoms with E-state index in [0.717, 1.165) is 0 Å². The normalized spacial score (nSPS) is 11.8. The smallest absolute Gasteiger partial charge is 0.284 e. The van der Waals surface area contributed by atoms with Gasteiger partial charge in [0, 0.05) is 11.1 Å². The van der Waals surface area contributed by atoms with E-state index in [4.69, 9.17) is 21.4 Å². The lowest BCUT2D eigenvalue weighted by molar-refractivity contribution is 0.0932. The summed E-state index contributed by atoms with van der Waals surface area (Å²) in [7, 11) is 0. The molecule has 1 atom stereocenters. The van der Waals surface area contributed by atoms with Crippen molar-refractivity contribution >= 4 is 18.1 Å². The highest BCUT2D eigenvalue weighted by Crippen LogP contribution is 2.17. The Morgan fingerprint density at radius 1 is 1.27 bits per heavy atom. The summed E-state index contributed by atoms with van der Waals surface area (Å²) >= 11 is 4.83. The summed E-state index contributed by atoms with van der Waals surface area (Å²) < 4.78 is 23.7. The number of nitrogens with one attached hydrogen (secondary N) is 2. The van der Waals surface area contributed by atoms with E-state index >= 15 is 0 Å². The monoisotopic (exact) mass is 373 g/mol. The van der Waals surface area contributed by atoms with E-state index in [1.165, 1.54) is 12.1 Å². The van der Waals surface area contributed by atoms with Gasteiger partial charge in [0.15, 0.2) is 0 Å². The van der Waals surface area contributed by atoms with Crippen molar-refractivity contribution in [1.82, 2.24) is 15.5 Å². The van der Waals surface area contributed by atoms with E-state index in [2.05, 4.69) is 15.5 Å². The molecule has 0 unspecified atom stereocenters. The third-order valence-corrected chi connectivity index (χ3v) is 3.71. The third kappa shape index (κ3) is 4.54. The third-order valence-electron chi connectivity index (χ3n) is 3.53. The summed E-state index contributed by atoms with van der Waals surface area (Å²) in [6, 6.07) is 12.5. The zero-order valence-corrected chi connectivity index (χ0v) is 14.7. The van der Waals surface area contributed by atoms with Gasteiger partial charge in [-0.1, -0.05) is 0 Å². The first-order valence-corrected chi connectivity index (χ1v) is 8.28. The van der Waals surface area contributed by atoms with Crippen LogP contribution >= 0.6 is 12.2 Å². The Hall–Kier alpha value is -3.00. The number of benzene rings is 2. The molecule has 0 saturated carbocycles. The summed E-state index contributed by atoms with van der Waals surface area (Å²) in [6.07, 6.45) is -0.267. The Labute approximate surface area is 154 Å². The molecule has 0 radical (unpaired) electrons. The van der Waals surface area contributed by atoms with Gasteiger partial charge in [0.2, 0.25) is 5.89 Å². The molecular formula is C18H16FN3O3S. The van der Waals surface area contributed by atoms with Crippen molar-refractivity contribution in [2.75, 3.05) is 6.54 Å². The maximum absolute atomic E-state index is 12.9. The Bertz CT molecular complexity index is 935. The minimum Gasteiger partial charge on any atom is -0.489 e. The largest absolute Gasteiger partial charge is 0.489 e. The lowest BCUT2D eigenvalue weighted by Gasteiger charge is -2.15. The van der Waals surface area contributed by atoms with Crippen molar-refractivity contribution in [3.05, 3.63) is 64.7 Å². The second kappa shape index (κ2) is 7.92. The lowest BCUT2D eigenvalue weighted by atomic mass is 10.1. The van der Waals surface area contributed by atoms with Gasteiger partial charge in [-0.05, 0) is 67.7 Å². The van der Waals surface area contributed by atoms with Gasteiger partial charge >= 0.3 is 0 Å². The molecule has 3 aromatic rings. The molecule has 8 heteroatoms. The molecule has 0 aliphatic carbocycles. The summed E-state index contributed by atoms with van der Waals surface area (Å²) in [4.78, 5) is 12.4. The van der Waals surface area contributed by atoms with Crippen LogP contribution in [-0.2, 0) is 0 Å². The number of amides is 1. The fraction of sp³-hybridized carbons (Fsp3) is 0.167. The summed E-state index contributed by atoms with van der Waals surface area (Å²) in [5, 5.41) is 9.27. The molecule has 134 valence electrons. The van der Waals surface area contributed by atoms with Gasteiger partial charge in [0.05, 0.1) is 6.54 Å². The highest BCUT2D eigenvalue weighted by molar-refractivity contribution is 7.71. The highest BCUT2D eigenvalue weighted by Gasteiger charge is 2.10. The fourth-order valence-electron chi connectivity index (χ4n) is 2.24. The van der Waals surface area contributed by atoms with Gasteiger partial charge < -0.3 is 14.5 Å². The molecule has 2 aromatic carbocycles. The van der Waals surface area contributed by atoms with E-state index in [9.17, 15) is 9.18 Å². The van der Waals surface area contributed by atoms with Crippen molar-refractivity contribution < 1.29 is 18.3 Å². The van der Waals surface area contributed by atoms with Crippen LogP contribution in [0.25, 0.3) is 11.5 Å². The minimum absolute atomic E-state index is 0.192. The topological polar surface area (TPSA) is 80.2 Å². The molecule has 1 heterocycles. The molecule has 0 saturated heterocycles. The van der Waals surface area contributed by atoms with Crippen LogP contribution in [0.1, 0.15) is 17.3 Å². The number of aromatic amines is 1. The molecule has 1 amide bonds. The zero-order valence-electron chi connectivity index (χ0n) is 13.9. The first-order valence-electron chi connectivity index (χ1n) is 7.87. The number of H-pyrrole nitrogens is 1. The van der Waals surface area contributed by atoms with Gasteiger partial charge in [-0.3, -0.25) is 4.79 Å². The lowest BCUT2D eigenvalue weighted by Crippen LogP contribution is -2.33. The maximum atomic E-state index is 12.9.